The van der Waals surface area contributed by atoms with Crippen LogP contribution < -0.4 is 14.8 Å². The zero-order valence-electron chi connectivity index (χ0n) is 19.3. The standard InChI is InChI=1S/C25H30N4O3S/c1-5-15-29-23(16-32-22-11-7-19(8-12-22)18(3)4)27-28-25(29)33-17-24(30)26-20-9-13-21(14-10-20)31-6-2/h5,7-14,18H,1,6,15-17H2,2-4H3,(H,26,30). The molecule has 0 aliphatic carbocycles. The van der Waals surface area contributed by atoms with Gasteiger partial charge in [-0.3, -0.25) is 9.36 Å². The Morgan fingerprint density at radius 2 is 1.76 bits per heavy atom. The number of amides is 1. The van der Waals surface area contributed by atoms with Gasteiger partial charge in [0.15, 0.2) is 11.0 Å². The van der Waals surface area contributed by atoms with Crippen molar-refractivity contribution in [2.45, 2.75) is 45.0 Å². The average Bonchev–Trinajstić information content (AvgIpc) is 3.20. The van der Waals surface area contributed by atoms with E-state index in [9.17, 15) is 4.79 Å². The van der Waals surface area contributed by atoms with Crippen molar-refractivity contribution in [1.29, 1.82) is 0 Å². The number of carbonyl (C=O) groups is 1. The minimum absolute atomic E-state index is 0.125. The summed E-state index contributed by atoms with van der Waals surface area (Å²) < 4.78 is 13.2. The van der Waals surface area contributed by atoms with E-state index in [4.69, 9.17) is 9.47 Å². The van der Waals surface area contributed by atoms with E-state index >= 15 is 0 Å². The fraction of sp³-hybridized carbons (Fsp3) is 0.320. The van der Waals surface area contributed by atoms with Crippen LogP contribution in [0.4, 0.5) is 5.69 Å². The molecule has 3 rings (SSSR count). The molecule has 33 heavy (non-hydrogen) atoms. The minimum Gasteiger partial charge on any atom is -0.494 e. The van der Waals surface area contributed by atoms with Crippen molar-refractivity contribution in [2.24, 2.45) is 0 Å². The highest BCUT2D eigenvalue weighted by atomic mass is 32.2. The van der Waals surface area contributed by atoms with Gasteiger partial charge in [0, 0.05) is 12.2 Å². The van der Waals surface area contributed by atoms with E-state index in [1.807, 2.05) is 47.9 Å². The predicted octanol–water partition coefficient (Wildman–Crippen LogP) is 5.30. The van der Waals surface area contributed by atoms with Crippen molar-refractivity contribution in [3.05, 3.63) is 72.6 Å². The molecule has 1 amide bonds. The maximum atomic E-state index is 12.4. The quantitative estimate of drug-likeness (QED) is 0.288. The van der Waals surface area contributed by atoms with E-state index in [2.05, 4.69) is 48.1 Å². The number of rotatable bonds is 12. The van der Waals surface area contributed by atoms with Crippen LogP contribution in [-0.4, -0.2) is 33.0 Å². The molecule has 1 aromatic heterocycles. The fourth-order valence-corrected chi connectivity index (χ4v) is 3.84. The Morgan fingerprint density at radius 1 is 1.09 bits per heavy atom. The first kappa shape index (κ1) is 24.4. The van der Waals surface area contributed by atoms with Crippen molar-refractivity contribution in [3.63, 3.8) is 0 Å². The first-order chi connectivity index (χ1) is 16.0. The van der Waals surface area contributed by atoms with Crippen LogP contribution in [0.15, 0.2) is 66.3 Å². The van der Waals surface area contributed by atoms with Crippen LogP contribution in [0.25, 0.3) is 0 Å². The summed E-state index contributed by atoms with van der Waals surface area (Å²) in [6, 6.07) is 15.4. The van der Waals surface area contributed by atoms with Crippen LogP contribution in [0.5, 0.6) is 11.5 Å². The van der Waals surface area contributed by atoms with E-state index in [0.717, 1.165) is 11.5 Å². The Labute approximate surface area is 199 Å². The second-order valence-electron chi connectivity index (χ2n) is 7.60. The Hall–Kier alpha value is -3.26. The summed E-state index contributed by atoms with van der Waals surface area (Å²) in [6.45, 7) is 11.5. The number of hydrogen-bond donors (Lipinski definition) is 1. The Morgan fingerprint density at radius 3 is 2.39 bits per heavy atom. The number of hydrogen-bond acceptors (Lipinski definition) is 6. The molecule has 3 aromatic rings. The molecule has 0 aliphatic rings. The maximum Gasteiger partial charge on any atom is 0.234 e. The molecule has 0 saturated carbocycles. The first-order valence-corrected chi connectivity index (χ1v) is 11.9. The van der Waals surface area contributed by atoms with Crippen LogP contribution in [0.3, 0.4) is 0 Å². The molecule has 0 fully saturated rings. The Balaban J connectivity index is 1.56. The minimum atomic E-state index is -0.125. The summed E-state index contributed by atoms with van der Waals surface area (Å²) in [4.78, 5) is 12.4. The van der Waals surface area contributed by atoms with Crippen molar-refractivity contribution in [1.82, 2.24) is 14.8 Å². The highest BCUT2D eigenvalue weighted by molar-refractivity contribution is 7.99. The van der Waals surface area contributed by atoms with Crippen LogP contribution in [0, 0.1) is 0 Å². The van der Waals surface area contributed by atoms with E-state index in [1.54, 1.807) is 6.08 Å². The molecule has 8 heteroatoms. The van der Waals surface area contributed by atoms with Gasteiger partial charge in [0.05, 0.1) is 12.4 Å². The Kier molecular flexibility index (Phi) is 8.95. The SMILES string of the molecule is C=CCn1c(COc2ccc(C(C)C)cc2)nnc1SCC(=O)Nc1ccc(OCC)cc1. The summed E-state index contributed by atoms with van der Waals surface area (Å²) in [5, 5.41) is 12.0. The molecular formula is C25H30N4O3S. The highest BCUT2D eigenvalue weighted by Crippen LogP contribution is 2.22. The van der Waals surface area contributed by atoms with Gasteiger partial charge >= 0.3 is 0 Å². The van der Waals surface area contributed by atoms with E-state index < -0.39 is 0 Å². The zero-order valence-corrected chi connectivity index (χ0v) is 20.1. The van der Waals surface area contributed by atoms with E-state index in [1.165, 1.54) is 17.3 Å². The summed E-state index contributed by atoms with van der Waals surface area (Å²) in [6.07, 6.45) is 1.77. The van der Waals surface area contributed by atoms with Crippen molar-refractivity contribution < 1.29 is 14.3 Å². The molecule has 0 spiro atoms. The summed E-state index contributed by atoms with van der Waals surface area (Å²) in [5.74, 6) is 2.78. The molecule has 0 radical (unpaired) electrons. The van der Waals surface area contributed by atoms with Gasteiger partial charge in [-0.1, -0.05) is 43.8 Å². The summed E-state index contributed by atoms with van der Waals surface area (Å²) in [5.41, 5.74) is 1.98. The summed E-state index contributed by atoms with van der Waals surface area (Å²) >= 11 is 1.32. The first-order valence-electron chi connectivity index (χ1n) is 10.9. The number of nitrogens with zero attached hydrogens (tertiary/aromatic N) is 3. The van der Waals surface area contributed by atoms with Crippen LogP contribution in [0.2, 0.25) is 0 Å². The number of thioether (sulfide) groups is 1. The second-order valence-corrected chi connectivity index (χ2v) is 8.55. The number of anilines is 1. The molecule has 1 heterocycles. The normalized spacial score (nSPS) is 10.8. The molecule has 2 aromatic carbocycles. The molecular weight excluding hydrogens is 436 g/mol. The molecule has 0 aliphatic heterocycles. The number of carbonyl (C=O) groups excluding carboxylic acids is 1. The number of nitrogens with one attached hydrogen (secondary N) is 1. The third-order valence-electron chi connectivity index (χ3n) is 4.80. The molecule has 174 valence electrons. The van der Waals surface area contributed by atoms with E-state index in [0.29, 0.717) is 35.7 Å². The van der Waals surface area contributed by atoms with Gasteiger partial charge in [-0.05, 0) is 54.8 Å². The highest BCUT2D eigenvalue weighted by Gasteiger charge is 2.14. The maximum absolute atomic E-state index is 12.4. The smallest absolute Gasteiger partial charge is 0.234 e. The molecule has 0 saturated heterocycles. The number of ether oxygens (including phenoxy) is 2. The number of aromatic nitrogens is 3. The van der Waals surface area contributed by atoms with Crippen molar-refractivity contribution >= 4 is 23.4 Å². The van der Waals surface area contributed by atoms with Crippen molar-refractivity contribution in [2.75, 3.05) is 17.7 Å². The van der Waals surface area contributed by atoms with Gasteiger partial charge in [-0.2, -0.15) is 0 Å². The topological polar surface area (TPSA) is 78.3 Å². The van der Waals surface area contributed by atoms with Crippen LogP contribution >= 0.6 is 11.8 Å². The van der Waals surface area contributed by atoms with E-state index in [-0.39, 0.29) is 18.3 Å². The molecule has 0 unspecified atom stereocenters. The van der Waals surface area contributed by atoms with Gasteiger partial charge in [0.2, 0.25) is 5.91 Å². The third-order valence-corrected chi connectivity index (χ3v) is 5.77. The summed E-state index contributed by atoms with van der Waals surface area (Å²) in [7, 11) is 0. The Bertz CT molecular complexity index is 1050. The van der Waals surface area contributed by atoms with Crippen LogP contribution in [-0.2, 0) is 17.9 Å². The second kappa shape index (κ2) is 12.1. The van der Waals surface area contributed by atoms with Gasteiger partial charge in [0.25, 0.3) is 0 Å². The largest absolute Gasteiger partial charge is 0.494 e. The lowest BCUT2D eigenvalue weighted by atomic mass is 10.0. The lowest BCUT2D eigenvalue weighted by Gasteiger charge is -2.10. The van der Waals surface area contributed by atoms with Crippen LogP contribution in [0.1, 0.15) is 38.1 Å². The monoisotopic (exact) mass is 466 g/mol. The fourth-order valence-electron chi connectivity index (χ4n) is 3.07. The van der Waals surface area contributed by atoms with Gasteiger partial charge in [0.1, 0.15) is 18.1 Å². The average molecular weight is 467 g/mol. The molecule has 0 atom stereocenters. The lowest BCUT2D eigenvalue weighted by Crippen LogP contribution is -2.15. The molecule has 1 N–H and O–H groups in total. The van der Waals surface area contributed by atoms with Crippen molar-refractivity contribution in [3.8, 4) is 11.5 Å². The third kappa shape index (κ3) is 7.12. The van der Waals surface area contributed by atoms with Gasteiger partial charge in [-0.15, -0.1) is 16.8 Å². The number of benzene rings is 2. The molecule has 0 bridgehead atoms. The lowest BCUT2D eigenvalue weighted by molar-refractivity contribution is -0.113. The zero-order chi connectivity index (χ0) is 23.6. The van der Waals surface area contributed by atoms with Gasteiger partial charge < -0.3 is 14.8 Å². The molecule has 7 nitrogen and oxygen atoms in total. The predicted molar refractivity (Wildman–Crippen MR) is 132 cm³/mol. The number of allylic oxidation sites excluding steroid dienone is 1. The van der Waals surface area contributed by atoms with Gasteiger partial charge in [-0.25, -0.2) is 0 Å².